The van der Waals surface area contributed by atoms with Gasteiger partial charge < -0.3 is 0 Å². The van der Waals surface area contributed by atoms with Gasteiger partial charge in [0.15, 0.2) is 0 Å². The molecule has 1 saturated heterocycles. The molecular formula is C14H17FN2. The van der Waals surface area contributed by atoms with Gasteiger partial charge in [-0.25, -0.2) is 4.39 Å². The van der Waals surface area contributed by atoms with Gasteiger partial charge in [0, 0.05) is 12.6 Å². The van der Waals surface area contributed by atoms with Crippen molar-refractivity contribution in [3.05, 3.63) is 35.1 Å². The summed E-state index contributed by atoms with van der Waals surface area (Å²) in [6.07, 6.45) is 3.54. The lowest BCUT2D eigenvalue weighted by Gasteiger charge is -2.23. The van der Waals surface area contributed by atoms with Gasteiger partial charge in [0.05, 0.1) is 11.6 Å². The first kappa shape index (κ1) is 12.1. The Bertz CT molecular complexity index is 436. The van der Waals surface area contributed by atoms with E-state index in [2.05, 4.69) is 17.9 Å². The third kappa shape index (κ3) is 2.65. The highest BCUT2D eigenvalue weighted by atomic mass is 19.1. The van der Waals surface area contributed by atoms with Gasteiger partial charge in [-0.05, 0) is 49.6 Å². The molecule has 0 saturated carbocycles. The Kier molecular flexibility index (Phi) is 3.75. The lowest BCUT2D eigenvalue weighted by molar-refractivity contribution is 0.239. The summed E-state index contributed by atoms with van der Waals surface area (Å²) in [7, 11) is 0. The molecule has 17 heavy (non-hydrogen) atoms. The molecule has 0 spiro atoms. The van der Waals surface area contributed by atoms with Crippen LogP contribution in [0.2, 0.25) is 0 Å². The van der Waals surface area contributed by atoms with Crippen molar-refractivity contribution < 1.29 is 4.39 Å². The minimum atomic E-state index is -0.258. The van der Waals surface area contributed by atoms with Gasteiger partial charge in [-0.1, -0.05) is 6.92 Å². The Morgan fingerprint density at radius 2 is 2.35 bits per heavy atom. The van der Waals surface area contributed by atoms with Crippen LogP contribution >= 0.6 is 0 Å². The summed E-state index contributed by atoms with van der Waals surface area (Å²) in [5.74, 6) is -0.258. The van der Waals surface area contributed by atoms with Crippen molar-refractivity contribution >= 4 is 0 Å². The van der Waals surface area contributed by atoms with Gasteiger partial charge in [-0.2, -0.15) is 5.26 Å². The zero-order chi connectivity index (χ0) is 12.3. The smallest absolute Gasteiger partial charge is 0.123 e. The van der Waals surface area contributed by atoms with Crippen LogP contribution in [0, 0.1) is 17.1 Å². The van der Waals surface area contributed by atoms with Crippen LogP contribution in [0.4, 0.5) is 4.39 Å². The molecule has 2 nitrogen and oxygen atoms in total. The van der Waals surface area contributed by atoms with Crippen molar-refractivity contribution in [2.45, 2.75) is 38.8 Å². The summed E-state index contributed by atoms with van der Waals surface area (Å²) in [4.78, 5) is 2.36. The molecule has 1 aliphatic rings. The molecule has 1 aromatic carbocycles. The van der Waals surface area contributed by atoms with Gasteiger partial charge >= 0.3 is 0 Å². The number of nitrogens with zero attached hydrogens (tertiary/aromatic N) is 2. The van der Waals surface area contributed by atoms with Crippen LogP contribution in [0.5, 0.6) is 0 Å². The Hall–Kier alpha value is -1.40. The van der Waals surface area contributed by atoms with E-state index in [0.29, 0.717) is 18.2 Å². The van der Waals surface area contributed by atoms with E-state index in [1.54, 1.807) is 6.07 Å². The molecule has 90 valence electrons. The first-order valence-electron chi connectivity index (χ1n) is 6.17. The fraction of sp³-hybridized carbons (Fsp3) is 0.500. The van der Waals surface area contributed by atoms with Crippen molar-refractivity contribution in [3.8, 4) is 6.07 Å². The molecule has 2 rings (SSSR count). The number of hydrogen-bond donors (Lipinski definition) is 0. The number of rotatable bonds is 3. The minimum Gasteiger partial charge on any atom is -0.296 e. The second-order valence-electron chi connectivity index (χ2n) is 4.59. The highest BCUT2D eigenvalue weighted by molar-refractivity contribution is 5.37. The quantitative estimate of drug-likeness (QED) is 0.800. The van der Waals surface area contributed by atoms with E-state index in [9.17, 15) is 4.39 Å². The molecule has 1 heterocycles. The predicted octanol–water partition coefficient (Wildman–Crippen LogP) is 3.07. The van der Waals surface area contributed by atoms with Crippen molar-refractivity contribution in [2.75, 3.05) is 6.54 Å². The summed E-state index contributed by atoms with van der Waals surface area (Å²) < 4.78 is 13.2. The van der Waals surface area contributed by atoms with E-state index in [4.69, 9.17) is 5.26 Å². The summed E-state index contributed by atoms with van der Waals surface area (Å²) in [5.41, 5.74) is 1.40. The van der Waals surface area contributed by atoms with Crippen LogP contribution in [0.25, 0.3) is 0 Å². The van der Waals surface area contributed by atoms with Crippen LogP contribution in [0.15, 0.2) is 18.2 Å². The van der Waals surface area contributed by atoms with Crippen LogP contribution in [-0.2, 0) is 6.54 Å². The average Bonchev–Trinajstić information content (AvgIpc) is 2.77. The molecule has 0 N–H and O–H groups in total. The molecule has 1 fully saturated rings. The second kappa shape index (κ2) is 5.29. The Morgan fingerprint density at radius 1 is 1.53 bits per heavy atom. The lowest BCUT2D eigenvalue weighted by atomic mass is 10.1. The zero-order valence-electron chi connectivity index (χ0n) is 10.1. The number of nitriles is 1. The largest absolute Gasteiger partial charge is 0.296 e. The van der Waals surface area contributed by atoms with E-state index in [1.807, 2.05) is 0 Å². The topological polar surface area (TPSA) is 27.0 Å². The van der Waals surface area contributed by atoms with E-state index in [0.717, 1.165) is 18.5 Å². The molecule has 3 heteroatoms. The van der Waals surface area contributed by atoms with Gasteiger partial charge in [-0.15, -0.1) is 0 Å². The van der Waals surface area contributed by atoms with Crippen molar-refractivity contribution in [2.24, 2.45) is 0 Å². The van der Waals surface area contributed by atoms with E-state index in [1.165, 1.54) is 25.0 Å². The zero-order valence-corrected chi connectivity index (χ0v) is 10.1. The standard InChI is InChI=1S/C14H17FN2/c1-2-14-4-3-7-17(14)10-12-8-13(15)6-5-11(12)9-16/h5-6,8,14H,2-4,7,10H2,1H3. The van der Waals surface area contributed by atoms with Crippen molar-refractivity contribution in [3.63, 3.8) is 0 Å². The minimum absolute atomic E-state index is 0.258. The maximum atomic E-state index is 13.2. The SMILES string of the molecule is CCC1CCCN1Cc1cc(F)ccc1C#N. The molecular weight excluding hydrogens is 215 g/mol. The molecule has 1 atom stereocenters. The van der Waals surface area contributed by atoms with E-state index >= 15 is 0 Å². The monoisotopic (exact) mass is 232 g/mol. The highest BCUT2D eigenvalue weighted by Crippen LogP contribution is 2.23. The lowest BCUT2D eigenvalue weighted by Crippen LogP contribution is -2.28. The van der Waals surface area contributed by atoms with Crippen LogP contribution in [0.1, 0.15) is 37.3 Å². The normalized spacial score (nSPS) is 20.4. The Morgan fingerprint density at radius 3 is 3.06 bits per heavy atom. The molecule has 0 aromatic heterocycles. The number of benzene rings is 1. The summed E-state index contributed by atoms with van der Waals surface area (Å²) in [6, 6.07) is 7.14. The molecule has 0 radical (unpaired) electrons. The van der Waals surface area contributed by atoms with Gasteiger partial charge in [0.2, 0.25) is 0 Å². The second-order valence-corrected chi connectivity index (χ2v) is 4.59. The summed E-state index contributed by atoms with van der Waals surface area (Å²) in [6.45, 7) is 3.93. The summed E-state index contributed by atoms with van der Waals surface area (Å²) >= 11 is 0. The molecule has 1 aromatic rings. The molecule has 1 aliphatic heterocycles. The maximum Gasteiger partial charge on any atom is 0.123 e. The predicted molar refractivity (Wildman–Crippen MR) is 64.8 cm³/mol. The average molecular weight is 232 g/mol. The number of halogens is 1. The van der Waals surface area contributed by atoms with Gasteiger partial charge in [-0.3, -0.25) is 4.90 Å². The third-order valence-electron chi connectivity index (χ3n) is 3.53. The van der Waals surface area contributed by atoms with E-state index in [-0.39, 0.29) is 5.82 Å². The number of likely N-dealkylation sites (tertiary alicyclic amines) is 1. The first-order chi connectivity index (χ1) is 8.24. The first-order valence-corrected chi connectivity index (χ1v) is 6.17. The van der Waals surface area contributed by atoms with Gasteiger partial charge in [0.25, 0.3) is 0 Å². The van der Waals surface area contributed by atoms with Crippen LogP contribution in [0.3, 0.4) is 0 Å². The molecule has 1 unspecified atom stereocenters. The molecule has 0 aliphatic carbocycles. The van der Waals surface area contributed by atoms with Crippen molar-refractivity contribution in [1.82, 2.24) is 4.90 Å². The van der Waals surface area contributed by atoms with Crippen molar-refractivity contribution in [1.29, 1.82) is 5.26 Å². The Labute approximate surface area is 102 Å². The van der Waals surface area contributed by atoms with Crippen LogP contribution < -0.4 is 0 Å². The summed E-state index contributed by atoms with van der Waals surface area (Å²) in [5, 5.41) is 9.02. The molecule has 0 amide bonds. The highest BCUT2D eigenvalue weighted by Gasteiger charge is 2.23. The Balaban J connectivity index is 2.18. The van der Waals surface area contributed by atoms with Gasteiger partial charge in [0.1, 0.15) is 5.82 Å². The number of hydrogen-bond acceptors (Lipinski definition) is 2. The third-order valence-corrected chi connectivity index (χ3v) is 3.53. The fourth-order valence-corrected chi connectivity index (χ4v) is 2.59. The fourth-order valence-electron chi connectivity index (χ4n) is 2.59. The molecule has 0 bridgehead atoms. The maximum absolute atomic E-state index is 13.2. The van der Waals surface area contributed by atoms with E-state index < -0.39 is 0 Å². The van der Waals surface area contributed by atoms with Crippen LogP contribution in [-0.4, -0.2) is 17.5 Å².